The van der Waals surface area contributed by atoms with E-state index >= 15 is 0 Å². The summed E-state index contributed by atoms with van der Waals surface area (Å²) >= 11 is 0. The van der Waals surface area contributed by atoms with Crippen molar-refractivity contribution in [2.45, 2.75) is 19.4 Å². The summed E-state index contributed by atoms with van der Waals surface area (Å²) in [5.41, 5.74) is 8.94. The van der Waals surface area contributed by atoms with Crippen LogP contribution in [-0.2, 0) is 6.54 Å². The Bertz CT molecular complexity index is 677. The lowest BCUT2D eigenvalue weighted by Gasteiger charge is -2.08. The monoisotopic (exact) mass is 300 g/mol. The van der Waals surface area contributed by atoms with Crippen molar-refractivity contribution in [1.82, 2.24) is 4.57 Å². The third-order valence-corrected chi connectivity index (χ3v) is 3.16. The molecule has 0 bridgehead atoms. The minimum absolute atomic E-state index is 0.0877. The highest BCUT2D eigenvalue weighted by Gasteiger charge is 2.13. The first kappa shape index (κ1) is 15.4. The maximum Gasteiger partial charge on any atom is 0.292 e. The number of aryl methyl sites for hydroxylation is 1. The van der Waals surface area contributed by atoms with E-state index in [4.69, 9.17) is 5.53 Å². The first-order chi connectivity index (χ1) is 10.7. The second kappa shape index (κ2) is 7.70. The van der Waals surface area contributed by atoms with E-state index in [0.717, 1.165) is 19.4 Å². The normalized spacial score (nSPS) is 10.0. The van der Waals surface area contributed by atoms with Gasteiger partial charge in [-0.25, -0.2) is 0 Å². The van der Waals surface area contributed by atoms with Crippen LogP contribution in [-0.4, -0.2) is 16.0 Å². The van der Waals surface area contributed by atoms with Crippen LogP contribution in [0.1, 0.15) is 12.8 Å². The van der Waals surface area contributed by atoms with E-state index in [-0.39, 0.29) is 11.4 Å². The number of anilines is 1. The Kier molecular flexibility index (Phi) is 5.39. The third kappa shape index (κ3) is 4.26. The van der Waals surface area contributed by atoms with Crippen LogP contribution in [0.4, 0.5) is 17.1 Å². The molecule has 0 amide bonds. The fourth-order valence-corrected chi connectivity index (χ4v) is 2.10. The van der Waals surface area contributed by atoms with Gasteiger partial charge >= 0.3 is 0 Å². The molecule has 22 heavy (non-hydrogen) atoms. The predicted molar refractivity (Wildman–Crippen MR) is 84.1 cm³/mol. The molecular weight excluding hydrogens is 284 g/mol. The summed E-state index contributed by atoms with van der Waals surface area (Å²) in [6, 6.07) is 8.34. The van der Waals surface area contributed by atoms with Crippen molar-refractivity contribution in [2.75, 3.05) is 11.9 Å². The largest absolute Gasteiger partial charge is 0.379 e. The minimum Gasteiger partial charge on any atom is -0.379 e. The number of nitrogens with zero attached hydrogens (tertiary/aromatic N) is 5. The van der Waals surface area contributed by atoms with Gasteiger partial charge in [-0.05, 0) is 36.6 Å². The topological polar surface area (TPSA) is 109 Å². The van der Waals surface area contributed by atoms with Crippen LogP contribution in [0.3, 0.4) is 0 Å². The Balaban J connectivity index is 1.88. The van der Waals surface area contributed by atoms with Crippen LogP contribution >= 0.6 is 0 Å². The summed E-state index contributed by atoms with van der Waals surface area (Å²) in [5, 5.41) is 17.5. The second-order valence-electron chi connectivity index (χ2n) is 4.70. The smallest absolute Gasteiger partial charge is 0.292 e. The second-order valence-corrected chi connectivity index (χ2v) is 4.70. The van der Waals surface area contributed by atoms with Gasteiger partial charge in [-0.15, -0.1) is 0 Å². The molecule has 2 rings (SSSR count). The molecule has 1 aromatic heterocycles. The minimum atomic E-state index is -0.488. The average Bonchev–Trinajstić information content (AvgIpc) is 3.01. The lowest BCUT2D eigenvalue weighted by atomic mass is 10.2. The lowest BCUT2D eigenvalue weighted by molar-refractivity contribution is -0.383. The molecule has 0 atom stereocenters. The van der Waals surface area contributed by atoms with Crippen LogP contribution in [0.5, 0.6) is 0 Å². The number of unbranched alkanes of at least 4 members (excludes halogenated alkanes) is 1. The Morgan fingerprint density at radius 1 is 1.32 bits per heavy atom. The fourth-order valence-electron chi connectivity index (χ4n) is 2.10. The number of benzene rings is 1. The molecule has 0 aliphatic carbocycles. The molecule has 0 fully saturated rings. The van der Waals surface area contributed by atoms with Crippen LogP contribution in [0, 0.1) is 10.1 Å². The van der Waals surface area contributed by atoms with Gasteiger partial charge in [-0.3, -0.25) is 10.1 Å². The SMILES string of the molecule is [N-]=[N+]=Nc1ccc(NCCCCn2cccc2)c([N+](=O)[O-])c1. The highest BCUT2D eigenvalue weighted by Crippen LogP contribution is 2.29. The van der Waals surface area contributed by atoms with Gasteiger partial charge in [0.1, 0.15) is 5.69 Å². The van der Waals surface area contributed by atoms with Gasteiger partial charge in [0.05, 0.1) is 4.92 Å². The number of hydrogen-bond donors (Lipinski definition) is 1. The molecular formula is C14H16N6O2. The predicted octanol–water partition coefficient (Wildman–Crippen LogP) is 4.23. The Morgan fingerprint density at radius 2 is 2.09 bits per heavy atom. The average molecular weight is 300 g/mol. The van der Waals surface area contributed by atoms with E-state index in [1.54, 1.807) is 12.1 Å². The number of nitro benzene ring substituents is 1. The van der Waals surface area contributed by atoms with Crippen LogP contribution in [0.15, 0.2) is 47.8 Å². The summed E-state index contributed by atoms with van der Waals surface area (Å²) in [5.74, 6) is 0. The molecule has 0 aliphatic rings. The highest BCUT2D eigenvalue weighted by molar-refractivity contribution is 5.66. The van der Waals surface area contributed by atoms with Crippen molar-refractivity contribution in [3.8, 4) is 0 Å². The summed E-state index contributed by atoms with van der Waals surface area (Å²) in [7, 11) is 0. The Hall–Kier alpha value is -2.99. The van der Waals surface area contributed by atoms with Crippen molar-refractivity contribution in [3.05, 3.63) is 63.3 Å². The fraction of sp³-hybridized carbons (Fsp3) is 0.286. The van der Waals surface area contributed by atoms with Gasteiger partial charge in [-0.2, -0.15) is 0 Å². The number of aromatic nitrogens is 1. The first-order valence-electron chi connectivity index (χ1n) is 6.89. The van der Waals surface area contributed by atoms with E-state index < -0.39 is 4.92 Å². The molecule has 2 aromatic rings. The molecule has 1 N–H and O–H groups in total. The van der Waals surface area contributed by atoms with Crippen molar-refractivity contribution < 1.29 is 4.92 Å². The summed E-state index contributed by atoms with van der Waals surface area (Å²) in [6.45, 7) is 1.57. The molecule has 0 radical (unpaired) electrons. The zero-order chi connectivity index (χ0) is 15.8. The zero-order valence-electron chi connectivity index (χ0n) is 11.9. The van der Waals surface area contributed by atoms with Gasteiger partial charge in [0.25, 0.3) is 5.69 Å². The van der Waals surface area contributed by atoms with Gasteiger partial charge in [0.2, 0.25) is 0 Å². The summed E-state index contributed by atoms with van der Waals surface area (Å²) in [4.78, 5) is 13.2. The van der Waals surface area contributed by atoms with Gasteiger partial charge in [-0.1, -0.05) is 11.2 Å². The van der Waals surface area contributed by atoms with Crippen LogP contribution in [0.25, 0.3) is 10.4 Å². The zero-order valence-corrected chi connectivity index (χ0v) is 11.9. The van der Waals surface area contributed by atoms with Gasteiger partial charge in [0.15, 0.2) is 0 Å². The molecule has 114 valence electrons. The Morgan fingerprint density at radius 3 is 2.77 bits per heavy atom. The van der Waals surface area contributed by atoms with E-state index in [0.29, 0.717) is 12.2 Å². The number of nitrogens with one attached hydrogen (secondary N) is 1. The molecule has 0 spiro atoms. The molecule has 0 saturated heterocycles. The molecule has 1 aromatic carbocycles. The van der Waals surface area contributed by atoms with E-state index in [1.807, 2.05) is 24.5 Å². The van der Waals surface area contributed by atoms with E-state index in [9.17, 15) is 10.1 Å². The Labute approximate surface area is 127 Å². The van der Waals surface area contributed by atoms with Gasteiger partial charge < -0.3 is 9.88 Å². The highest BCUT2D eigenvalue weighted by atomic mass is 16.6. The molecule has 0 unspecified atom stereocenters. The van der Waals surface area contributed by atoms with Crippen molar-refractivity contribution in [3.63, 3.8) is 0 Å². The molecule has 1 heterocycles. The van der Waals surface area contributed by atoms with Crippen molar-refractivity contribution >= 4 is 17.1 Å². The van der Waals surface area contributed by atoms with Gasteiger partial charge in [0, 0.05) is 42.1 Å². The summed E-state index contributed by atoms with van der Waals surface area (Å²) in [6.07, 6.45) is 5.89. The number of hydrogen-bond acceptors (Lipinski definition) is 4. The summed E-state index contributed by atoms with van der Waals surface area (Å²) < 4.78 is 2.09. The molecule has 8 heteroatoms. The van der Waals surface area contributed by atoms with E-state index in [1.165, 1.54) is 6.07 Å². The van der Waals surface area contributed by atoms with Crippen molar-refractivity contribution in [1.29, 1.82) is 0 Å². The lowest BCUT2D eigenvalue weighted by Crippen LogP contribution is -2.05. The number of azide groups is 1. The van der Waals surface area contributed by atoms with Crippen LogP contribution in [0.2, 0.25) is 0 Å². The quantitative estimate of drug-likeness (QED) is 0.197. The third-order valence-electron chi connectivity index (χ3n) is 3.16. The number of nitro groups is 1. The maximum atomic E-state index is 11.0. The molecule has 8 nitrogen and oxygen atoms in total. The van der Waals surface area contributed by atoms with Crippen molar-refractivity contribution in [2.24, 2.45) is 5.11 Å². The maximum absolute atomic E-state index is 11.0. The van der Waals surface area contributed by atoms with Crippen LogP contribution < -0.4 is 5.32 Å². The first-order valence-corrected chi connectivity index (χ1v) is 6.89. The van der Waals surface area contributed by atoms with E-state index in [2.05, 4.69) is 19.9 Å². The molecule has 0 saturated carbocycles. The standard InChI is InChI=1S/C14H16N6O2/c15-18-17-12-5-6-13(14(11-12)20(21)22)16-7-1-2-8-19-9-3-4-10-19/h3-6,9-11,16H,1-2,7-8H2. The molecule has 0 aliphatic heterocycles. The number of rotatable bonds is 8.